The van der Waals surface area contributed by atoms with E-state index in [9.17, 15) is 0 Å². The van der Waals surface area contributed by atoms with Crippen LogP contribution in [0.15, 0.2) is 12.4 Å². The van der Waals surface area contributed by atoms with Gasteiger partial charge in [0, 0.05) is 39.2 Å². The van der Waals surface area contributed by atoms with Gasteiger partial charge in [-0.3, -0.25) is 0 Å². The maximum atomic E-state index is 5.08. The monoisotopic (exact) mass is 269 g/mol. The van der Waals surface area contributed by atoms with E-state index in [4.69, 9.17) is 4.74 Å². The third-order valence-electron chi connectivity index (χ3n) is 3.35. The van der Waals surface area contributed by atoms with Gasteiger partial charge < -0.3 is 14.6 Å². The number of rotatable bonds is 7. The summed E-state index contributed by atoms with van der Waals surface area (Å²) in [5.74, 6) is 4.45. The standard InChI is InChI=1S/C13H23N3OS/c1-17-8-2-6-16-7-5-14-13(16)15-11-12-3-9-18-10-4-12/h5,7,12H,2-4,6,8-11H2,1H3,(H,14,15). The molecule has 2 rings (SSSR count). The molecular weight excluding hydrogens is 246 g/mol. The van der Waals surface area contributed by atoms with E-state index in [1.165, 1.54) is 24.3 Å². The minimum absolute atomic E-state index is 0.803. The van der Waals surface area contributed by atoms with Crippen LogP contribution in [-0.4, -0.2) is 41.3 Å². The first-order valence-corrected chi connectivity index (χ1v) is 7.87. The van der Waals surface area contributed by atoms with Crippen LogP contribution in [0.25, 0.3) is 0 Å². The number of ether oxygens (including phenoxy) is 1. The van der Waals surface area contributed by atoms with Crippen molar-refractivity contribution in [2.45, 2.75) is 25.8 Å². The van der Waals surface area contributed by atoms with E-state index in [0.29, 0.717) is 0 Å². The highest BCUT2D eigenvalue weighted by molar-refractivity contribution is 7.99. The molecule has 0 aromatic carbocycles. The van der Waals surface area contributed by atoms with E-state index in [-0.39, 0.29) is 0 Å². The summed E-state index contributed by atoms with van der Waals surface area (Å²) in [5.41, 5.74) is 0. The summed E-state index contributed by atoms with van der Waals surface area (Å²) in [5, 5.41) is 3.49. The topological polar surface area (TPSA) is 39.1 Å². The molecule has 0 spiro atoms. The molecular formula is C13H23N3OS. The Balaban J connectivity index is 1.75. The lowest BCUT2D eigenvalue weighted by atomic mass is 10.0. The number of thioether (sulfide) groups is 1. The zero-order valence-corrected chi connectivity index (χ0v) is 11.9. The average Bonchev–Trinajstić information content (AvgIpc) is 2.86. The van der Waals surface area contributed by atoms with Gasteiger partial charge in [-0.05, 0) is 36.7 Å². The Hall–Kier alpha value is -0.680. The van der Waals surface area contributed by atoms with Crippen molar-refractivity contribution < 1.29 is 4.74 Å². The largest absolute Gasteiger partial charge is 0.385 e. The zero-order chi connectivity index (χ0) is 12.6. The molecule has 0 aliphatic carbocycles. The predicted octanol–water partition coefficient (Wildman–Crippen LogP) is 2.47. The number of aryl methyl sites for hydroxylation is 1. The SMILES string of the molecule is COCCCn1ccnc1NCC1CCSCC1. The second-order valence-electron chi connectivity index (χ2n) is 4.73. The van der Waals surface area contributed by atoms with Crippen molar-refractivity contribution in [3.63, 3.8) is 0 Å². The van der Waals surface area contributed by atoms with E-state index < -0.39 is 0 Å². The number of aromatic nitrogens is 2. The van der Waals surface area contributed by atoms with Crippen LogP contribution < -0.4 is 5.32 Å². The van der Waals surface area contributed by atoms with Gasteiger partial charge in [0.1, 0.15) is 0 Å². The molecule has 0 amide bonds. The molecule has 1 saturated heterocycles. The van der Waals surface area contributed by atoms with Gasteiger partial charge >= 0.3 is 0 Å². The Morgan fingerprint density at radius 1 is 1.50 bits per heavy atom. The van der Waals surface area contributed by atoms with Crippen molar-refractivity contribution >= 4 is 17.7 Å². The molecule has 0 radical (unpaired) electrons. The summed E-state index contributed by atoms with van der Waals surface area (Å²) >= 11 is 2.08. The minimum Gasteiger partial charge on any atom is -0.385 e. The van der Waals surface area contributed by atoms with Crippen molar-refractivity contribution in [1.29, 1.82) is 0 Å². The highest BCUT2D eigenvalue weighted by Crippen LogP contribution is 2.22. The number of methoxy groups -OCH3 is 1. The van der Waals surface area contributed by atoms with Crippen molar-refractivity contribution in [2.75, 3.05) is 37.1 Å². The lowest BCUT2D eigenvalue weighted by Crippen LogP contribution is -2.20. The van der Waals surface area contributed by atoms with Gasteiger partial charge in [0.15, 0.2) is 0 Å². The third kappa shape index (κ3) is 4.21. The van der Waals surface area contributed by atoms with Crippen LogP contribution in [0.2, 0.25) is 0 Å². The van der Waals surface area contributed by atoms with Gasteiger partial charge in [0.2, 0.25) is 5.95 Å². The molecule has 0 saturated carbocycles. The molecule has 4 nitrogen and oxygen atoms in total. The van der Waals surface area contributed by atoms with Gasteiger partial charge in [0.05, 0.1) is 0 Å². The molecule has 1 N–H and O–H groups in total. The number of hydrogen-bond acceptors (Lipinski definition) is 4. The minimum atomic E-state index is 0.803. The summed E-state index contributed by atoms with van der Waals surface area (Å²) in [6.07, 6.45) is 7.60. The number of anilines is 1. The molecule has 5 heteroatoms. The lowest BCUT2D eigenvalue weighted by molar-refractivity contribution is 0.190. The summed E-state index contributed by atoms with van der Waals surface area (Å²) in [6.45, 7) is 2.83. The Bertz CT molecular complexity index is 337. The van der Waals surface area contributed by atoms with Gasteiger partial charge in [-0.2, -0.15) is 11.8 Å². The van der Waals surface area contributed by atoms with Gasteiger partial charge in [0.25, 0.3) is 0 Å². The molecule has 0 bridgehead atoms. The van der Waals surface area contributed by atoms with Crippen LogP contribution in [0.1, 0.15) is 19.3 Å². The summed E-state index contributed by atoms with van der Waals surface area (Å²) in [6, 6.07) is 0. The first-order valence-electron chi connectivity index (χ1n) is 6.72. The fourth-order valence-corrected chi connectivity index (χ4v) is 3.43. The molecule has 1 aromatic heterocycles. The lowest BCUT2D eigenvalue weighted by Gasteiger charge is -2.22. The molecule has 0 unspecified atom stereocenters. The van der Waals surface area contributed by atoms with Crippen LogP contribution >= 0.6 is 11.8 Å². The van der Waals surface area contributed by atoms with Crippen molar-refractivity contribution in [3.8, 4) is 0 Å². The van der Waals surface area contributed by atoms with E-state index >= 15 is 0 Å². The van der Waals surface area contributed by atoms with E-state index in [0.717, 1.165) is 38.0 Å². The van der Waals surface area contributed by atoms with Crippen LogP contribution in [0.3, 0.4) is 0 Å². The van der Waals surface area contributed by atoms with Crippen LogP contribution in [0.5, 0.6) is 0 Å². The number of nitrogens with zero attached hydrogens (tertiary/aromatic N) is 2. The number of hydrogen-bond donors (Lipinski definition) is 1. The number of imidazole rings is 1. The highest BCUT2D eigenvalue weighted by atomic mass is 32.2. The predicted molar refractivity (Wildman–Crippen MR) is 77.3 cm³/mol. The molecule has 102 valence electrons. The van der Waals surface area contributed by atoms with E-state index in [2.05, 4.69) is 26.6 Å². The normalized spacial score (nSPS) is 16.9. The van der Waals surface area contributed by atoms with Crippen molar-refractivity contribution in [3.05, 3.63) is 12.4 Å². The second-order valence-corrected chi connectivity index (χ2v) is 5.95. The molecule has 1 aromatic rings. The quantitative estimate of drug-likeness (QED) is 0.772. The van der Waals surface area contributed by atoms with Gasteiger partial charge in [-0.25, -0.2) is 4.98 Å². The number of nitrogens with one attached hydrogen (secondary N) is 1. The van der Waals surface area contributed by atoms with Gasteiger partial charge in [-0.15, -0.1) is 0 Å². The van der Waals surface area contributed by atoms with Crippen molar-refractivity contribution in [1.82, 2.24) is 9.55 Å². The highest BCUT2D eigenvalue weighted by Gasteiger charge is 2.14. The van der Waals surface area contributed by atoms with Crippen LogP contribution in [0, 0.1) is 5.92 Å². The summed E-state index contributed by atoms with van der Waals surface area (Å²) < 4.78 is 7.26. The first kappa shape index (κ1) is 13.7. The molecule has 1 fully saturated rings. The van der Waals surface area contributed by atoms with Crippen LogP contribution in [-0.2, 0) is 11.3 Å². The Kier molecular flexibility index (Phi) is 5.87. The molecule has 1 aliphatic heterocycles. The smallest absolute Gasteiger partial charge is 0.202 e. The maximum absolute atomic E-state index is 5.08. The van der Waals surface area contributed by atoms with E-state index in [1.807, 2.05) is 12.4 Å². The summed E-state index contributed by atoms with van der Waals surface area (Å²) in [7, 11) is 1.74. The molecule has 2 heterocycles. The maximum Gasteiger partial charge on any atom is 0.202 e. The summed E-state index contributed by atoms with van der Waals surface area (Å²) in [4.78, 5) is 4.39. The fourth-order valence-electron chi connectivity index (χ4n) is 2.22. The van der Waals surface area contributed by atoms with E-state index in [1.54, 1.807) is 7.11 Å². The van der Waals surface area contributed by atoms with Crippen LogP contribution in [0.4, 0.5) is 5.95 Å². The molecule has 0 atom stereocenters. The second kappa shape index (κ2) is 7.69. The third-order valence-corrected chi connectivity index (χ3v) is 4.40. The Morgan fingerprint density at radius 2 is 2.33 bits per heavy atom. The first-order chi connectivity index (χ1) is 8.90. The fraction of sp³-hybridized carbons (Fsp3) is 0.769. The Labute approximate surface area is 114 Å². The van der Waals surface area contributed by atoms with Crippen molar-refractivity contribution in [2.24, 2.45) is 5.92 Å². The average molecular weight is 269 g/mol. The Morgan fingerprint density at radius 3 is 3.11 bits per heavy atom. The zero-order valence-electron chi connectivity index (χ0n) is 11.1. The van der Waals surface area contributed by atoms with Gasteiger partial charge in [-0.1, -0.05) is 0 Å². The molecule has 18 heavy (non-hydrogen) atoms. The molecule has 1 aliphatic rings.